The van der Waals surface area contributed by atoms with Crippen molar-refractivity contribution < 1.29 is 14.3 Å². The molecule has 130 valence electrons. The highest BCUT2D eigenvalue weighted by atomic mass is 16.5. The number of rotatable bonds is 6. The number of nitrogens with one attached hydrogen (secondary N) is 2. The Morgan fingerprint density at radius 3 is 2.62 bits per heavy atom. The lowest BCUT2D eigenvalue weighted by Crippen LogP contribution is -2.23. The molecule has 3 aromatic rings. The van der Waals surface area contributed by atoms with Gasteiger partial charge in [0.2, 0.25) is 0 Å². The smallest absolute Gasteiger partial charge is 0.340 e. The largest absolute Gasteiger partial charge is 0.457 e. The highest BCUT2D eigenvalue weighted by Gasteiger charge is 2.18. The van der Waals surface area contributed by atoms with Gasteiger partial charge in [0.05, 0.1) is 5.56 Å². The third kappa shape index (κ3) is 4.14. The van der Waals surface area contributed by atoms with Gasteiger partial charge in [0.25, 0.3) is 0 Å². The van der Waals surface area contributed by atoms with E-state index in [0.717, 1.165) is 27.7 Å². The number of benzene rings is 2. The lowest BCUT2D eigenvalue weighted by Gasteiger charge is -2.06. The fraction of sp³-hybridized carbons (Fsp3) is 0.200. The van der Waals surface area contributed by atoms with Crippen LogP contribution in [0.2, 0.25) is 0 Å². The molecular weight excluding hydrogens is 327 g/mol. The predicted octanol–water partition coefficient (Wildman–Crippen LogP) is 3.25. The Morgan fingerprint density at radius 1 is 1.12 bits per heavy atom. The van der Waals surface area contributed by atoms with Crippen LogP contribution in [-0.4, -0.2) is 31.2 Å². The minimum atomic E-state index is -0.547. The molecule has 26 heavy (non-hydrogen) atoms. The van der Waals surface area contributed by atoms with E-state index in [9.17, 15) is 9.59 Å². The average molecular weight is 346 g/mol. The van der Waals surface area contributed by atoms with Crippen molar-refractivity contribution in [2.45, 2.75) is 20.0 Å². The molecule has 0 unspecified atom stereocenters. The summed E-state index contributed by atoms with van der Waals surface area (Å²) in [6, 6.07) is 15.4. The molecule has 0 aliphatic carbocycles. The van der Waals surface area contributed by atoms with E-state index >= 15 is 0 Å². The van der Waals surface area contributed by atoms with Gasteiger partial charge in [0.15, 0.2) is 13.7 Å². The summed E-state index contributed by atoms with van der Waals surface area (Å²) in [5.74, 6) is -0.904. The minimum Gasteiger partial charge on any atom is -0.457 e. The van der Waals surface area contributed by atoms with E-state index in [1.807, 2.05) is 55.5 Å². The zero-order chi connectivity index (χ0) is 18.5. The molecule has 2 aromatic carbocycles. The van der Waals surface area contributed by atoms with Crippen molar-refractivity contribution in [1.29, 1.82) is 0 Å². The van der Waals surface area contributed by atoms with Crippen LogP contribution in [-0.2, 0) is 17.8 Å². The maximum atomic E-state index is 12.6. The molecule has 1 amide bonds. The number of aryl methyl sites for hydroxylation is 1. The summed E-state index contributed by atoms with van der Waals surface area (Å²) in [5.41, 5.74) is 4.13. The van der Waals surface area contributed by atoms with Crippen LogP contribution in [0.3, 0.4) is 0 Å². The number of fused-ring (bicyclic) bond motifs is 1. The first-order chi connectivity index (χ1) is 12.5. The maximum Gasteiger partial charge on any atom is 0.340 e. The van der Waals surface area contributed by atoms with Crippen LogP contribution in [0.25, 0.3) is 10.9 Å². The number of esters is 1. The van der Waals surface area contributed by atoms with Gasteiger partial charge in [-0.05, 0) is 36.6 Å². The molecule has 0 bridgehead atoms. The van der Waals surface area contributed by atoms with Crippen LogP contribution in [0, 0.1) is 6.92 Å². The first-order valence-electron chi connectivity index (χ1n) is 8.40. The molecule has 0 aliphatic heterocycles. The van der Waals surface area contributed by atoms with Crippen molar-refractivity contribution in [3.8, 4) is 0 Å². The highest BCUT2D eigenvalue weighted by molar-refractivity contribution is 6.57. The van der Waals surface area contributed by atoms with Crippen LogP contribution < -0.4 is 5.32 Å². The Hall–Kier alpha value is -3.02. The van der Waals surface area contributed by atoms with Gasteiger partial charge >= 0.3 is 5.97 Å². The summed E-state index contributed by atoms with van der Waals surface area (Å²) >= 11 is 0. The van der Waals surface area contributed by atoms with Gasteiger partial charge in [-0.25, -0.2) is 4.79 Å². The first-order valence-corrected chi connectivity index (χ1v) is 8.40. The third-order valence-corrected chi connectivity index (χ3v) is 4.18. The quantitative estimate of drug-likeness (QED) is 0.532. The predicted molar refractivity (Wildman–Crippen MR) is 101 cm³/mol. The van der Waals surface area contributed by atoms with Crippen molar-refractivity contribution in [3.63, 3.8) is 0 Å². The van der Waals surface area contributed by atoms with E-state index in [2.05, 4.69) is 10.3 Å². The summed E-state index contributed by atoms with van der Waals surface area (Å²) in [4.78, 5) is 26.6. The van der Waals surface area contributed by atoms with Gasteiger partial charge in [-0.2, -0.15) is 0 Å². The Balaban J connectivity index is 1.78. The number of ether oxygens (including phenoxy) is 1. The SMILES string of the molecule is [B]C(=O)NCCc1ccc2[nH]c(C)c(C(=O)OCc3ccccc3)c2c1. The van der Waals surface area contributed by atoms with Crippen molar-refractivity contribution >= 4 is 30.5 Å². The second-order valence-electron chi connectivity index (χ2n) is 6.11. The molecule has 0 fully saturated rings. The van der Waals surface area contributed by atoms with Crippen molar-refractivity contribution in [2.24, 2.45) is 0 Å². The van der Waals surface area contributed by atoms with Crippen LogP contribution in [0.1, 0.15) is 27.2 Å². The summed E-state index contributed by atoms with van der Waals surface area (Å²) < 4.78 is 5.48. The van der Waals surface area contributed by atoms with E-state index in [1.54, 1.807) is 0 Å². The van der Waals surface area contributed by atoms with Gasteiger partial charge in [0.1, 0.15) is 6.61 Å². The van der Waals surface area contributed by atoms with Crippen molar-refractivity contribution in [1.82, 2.24) is 10.3 Å². The van der Waals surface area contributed by atoms with Crippen molar-refractivity contribution in [3.05, 3.63) is 70.9 Å². The molecule has 1 aromatic heterocycles. The number of carbonyl (C=O) groups is 2. The van der Waals surface area contributed by atoms with Gasteiger partial charge in [-0.1, -0.05) is 36.4 Å². The second kappa shape index (κ2) is 7.91. The molecule has 2 N–H and O–H groups in total. The van der Waals surface area contributed by atoms with Gasteiger partial charge < -0.3 is 15.0 Å². The van der Waals surface area contributed by atoms with Gasteiger partial charge in [-0.15, -0.1) is 0 Å². The molecule has 0 saturated heterocycles. The fourth-order valence-electron chi connectivity index (χ4n) is 2.92. The summed E-state index contributed by atoms with van der Waals surface area (Å²) in [5, 5.41) is 3.38. The zero-order valence-electron chi connectivity index (χ0n) is 14.5. The summed E-state index contributed by atoms with van der Waals surface area (Å²) in [6.07, 6.45) is 0.627. The number of aromatic amines is 1. The van der Waals surface area contributed by atoms with Gasteiger partial charge in [-0.3, -0.25) is 4.79 Å². The standard InChI is InChI=1S/C20H19BN2O3/c1-13-18(19(24)26-12-15-5-3-2-4-6-15)16-11-14(7-8-17(16)23-13)9-10-22-20(21)25/h2-8,11,23H,9-10,12H2,1H3,(H,22,25). The second-order valence-corrected chi connectivity index (χ2v) is 6.11. The Morgan fingerprint density at radius 2 is 1.88 bits per heavy atom. The number of H-pyrrole nitrogens is 1. The number of hydrogen-bond acceptors (Lipinski definition) is 3. The average Bonchev–Trinajstić information content (AvgIpc) is 2.95. The number of amides is 1. The Labute approximate surface area is 153 Å². The van der Waals surface area contributed by atoms with E-state index in [4.69, 9.17) is 12.6 Å². The summed E-state index contributed by atoms with van der Waals surface area (Å²) in [6.45, 7) is 2.53. The maximum absolute atomic E-state index is 12.6. The highest BCUT2D eigenvalue weighted by Crippen LogP contribution is 2.25. The normalized spacial score (nSPS) is 10.7. The lowest BCUT2D eigenvalue weighted by atomic mass is 10.1. The van der Waals surface area contributed by atoms with E-state index in [0.29, 0.717) is 18.5 Å². The van der Waals surface area contributed by atoms with Gasteiger partial charge in [0, 0.05) is 23.1 Å². The van der Waals surface area contributed by atoms with Crippen molar-refractivity contribution in [2.75, 3.05) is 6.54 Å². The Bertz CT molecular complexity index is 935. The molecule has 0 spiro atoms. The van der Waals surface area contributed by atoms with Crippen LogP contribution in [0.5, 0.6) is 0 Å². The molecule has 1 heterocycles. The number of carbonyl (C=O) groups excluding carboxylic acids is 2. The monoisotopic (exact) mass is 346 g/mol. The van der Waals surface area contributed by atoms with E-state index < -0.39 is 5.81 Å². The number of hydrogen-bond donors (Lipinski definition) is 2. The van der Waals surface area contributed by atoms with E-state index in [1.165, 1.54) is 0 Å². The topological polar surface area (TPSA) is 71.2 Å². The Kier molecular flexibility index (Phi) is 5.41. The molecule has 0 atom stereocenters. The first kappa shape index (κ1) is 17.8. The van der Waals surface area contributed by atoms with Crippen LogP contribution in [0.15, 0.2) is 48.5 Å². The molecule has 3 rings (SSSR count). The molecular formula is C20H19BN2O3. The van der Waals surface area contributed by atoms with E-state index in [-0.39, 0.29) is 12.6 Å². The minimum absolute atomic E-state index is 0.230. The summed E-state index contributed by atoms with van der Waals surface area (Å²) in [7, 11) is 5.08. The van der Waals surface area contributed by atoms with Crippen LogP contribution >= 0.6 is 0 Å². The lowest BCUT2D eigenvalue weighted by molar-refractivity contribution is 0.0474. The molecule has 6 heteroatoms. The van der Waals surface area contributed by atoms with Crippen LogP contribution in [0.4, 0.5) is 4.79 Å². The molecule has 2 radical (unpaired) electrons. The zero-order valence-corrected chi connectivity index (χ0v) is 14.5. The third-order valence-electron chi connectivity index (χ3n) is 4.18. The fourth-order valence-corrected chi connectivity index (χ4v) is 2.92. The molecule has 5 nitrogen and oxygen atoms in total. The molecule has 0 saturated carbocycles. The number of aromatic nitrogens is 1. The molecule has 0 aliphatic rings.